The maximum atomic E-state index is 12.4. The standard InChI is InChI=1S/C18H18ClNO3S/c1-11(23-18(22)15-9-10-16(19)24-15)17(21)20-14-8-4-6-12-5-2-3-7-13(12)14/h2-3,5,7,9-11,14H,4,6,8H2,1H3,(H,20,21)/t11-,14-/m0/s1. The van der Waals surface area contributed by atoms with Gasteiger partial charge in [0.15, 0.2) is 6.10 Å². The van der Waals surface area contributed by atoms with Gasteiger partial charge in [0.25, 0.3) is 5.91 Å². The summed E-state index contributed by atoms with van der Waals surface area (Å²) in [5, 5.41) is 3.00. The molecule has 0 radical (unpaired) electrons. The highest BCUT2D eigenvalue weighted by Crippen LogP contribution is 2.29. The number of esters is 1. The Labute approximate surface area is 149 Å². The zero-order chi connectivity index (χ0) is 17.1. The Hall–Kier alpha value is -1.85. The van der Waals surface area contributed by atoms with E-state index in [1.807, 2.05) is 18.2 Å². The van der Waals surface area contributed by atoms with Gasteiger partial charge in [0.2, 0.25) is 0 Å². The lowest BCUT2D eigenvalue weighted by atomic mass is 9.87. The average molecular weight is 364 g/mol. The lowest BCUT2D eigenvalue weighted by Gasteiger charge is -2.27. The van der Waals surface area contributed by atoms with Crippen LogP contribution in [0.4, 0.5) is 0 Å². The van der Waals surface area contributed by atoms with Crippen LogP contribution in [0.3, 0.4) is 0 Å². The number of rotatable bonds is 4. The SMILES string of the molecule is C[C@H](OC(=O)c1ccc(Cl)s1)C(=O)N[C@H]1CCCc2ccccc21. The van der Waals surface area contributed by atoms with Gasteiger partial charge in [0.05, 0.1) is 10.4 Å². The molecule has 0 spiro atoms. The maximum absolute atomic E-state index is 12.4. The first-order chi connectivity index (χ1) is 11.5. The number of carbonyl (C=O) groups is 2. The first kappa shape index (κ1) is 17.0. The van der Waals surface area contributed by atoms with E-state index in [-0.39, 0.29) is 11.9 Å². The van der Waals surface area contributed by atoms with E-state index >= 15 is 0 Å². The van der Waals surface area contributed by atoms with E-state index in [0.717, 1.165) is 36.2 Å². The number of fused-ring (bicyclic) bond motifs is 1. The number of ether oxygens (including phenoxy) is 1. The van der Waals surface area contributed by atoms with E-state index < -0.39 is 12.1 Å². The van der Waals surface area contributed by atoms with Crippen molar-refractivity contribution in [2.24, 2.45) is 0 Å². The number of halogens is 1. The van der Waals surface area contributed by atoms with Crippen molar-refractivity contribution in [1.82, 2.24) is 5.32 Å². The van der Waals surface area contributed by atoms with Gasteiger partial charge in [-0.2, -0.15) is 0 Å². The van der Waals surface area contributed by atoms with Gasteiger partial charge < -0.3 is 10.1 Å². The highest BCUT2D eigenvalue weighted by molar-refractivity contribution is 7.17. The second kappa shape index (κ2) is 7.36. The Morgan fingerprint density at radius 2 is 2.08 bits per heavy atom. The molecule has 1 amide bonds. The van der Waals surface area contributed by atoms with Gasteiger partial charge in [-0.15, -0.1) is 11.3 Å². The highest BCUT2D eigenvalue weighted by atomic mass is 35.5. The van der Waals surface area contributed by atoms with Crippen molar-refractivity contribution in [3.63, 3.8) is 0 Å². The Bertz CT molecular complexity index is 758. The van der Waals surface area contributed by atoms with E-state index in [9.17, 15) is 9.59 Å². The van der Waals surface area contributed by atoms with E-state index in [0.29, 0.717) is 9.21 Å². The number of thiophene rings is 1. The molecule has 0 saturated carbocycles. The van der Waals surface area contributed by atoms with Crippen LogP contribution in [0.2, 0.25) is 4.34 Å². The van der Waals surface area contributed by atoms with Crippen LogP contribution in [0.15, 0.2) is 36.4 Å². The molecule has 4 nitrogen and oxygen atoms in total. The maximum Gasteiger partial charge on any atom is 0.349 e. The second-order valence-corrected chi connectivity index (χ2v) is 7.52. The minimum absolute atomic E-state index is 0.0280. The molecule has 0 fully saturated rings. The van der Waals surface area contributed by atoms with Crippen LogP contribution in [0, 0.1) is 0 Å². The van der Waals surface area contributed by atoms with Crippen molar-refractivity contribution in [1.29, 1.82) is 0 Å². The molecule has 2 atom stereocenters. The van der Waals surface area contributed by atoms with Gasteiger partial charge in [-0.25, -0.2) is 4.79 Å². The third-order valence-corrected chi connectivity index (χ3v) is 5.32. The molecule has 3 rings (SSSR count). The summed E-state index contributed by atoms with van der Waals surface area (Å²) in [6.07, 6.45) is 2.10. The molecule has 1 aliphatic rings. The number of benzene rings is 1. The number of hydrogen-bond acceptors (Lipinski definition) is 4. The summed E-state index contributed by atoms with van der Waals surface area (Å²) in [6.45, 7) is 1.58. The zero-order valence-corrected chi connectivity index (χ0v) is 14.8. The van der Waals surface area contributed by atoms with Crippen molar-refractivity contribution in [2.75, 3.05) is 0 Å². The Balaban J connectivity index is 1.62. The Kier molecular flexibility index (Phi) is 5.21. The summed E-state index contributed by atoms with van der Waals surface area (Å²) in [4.78, 5) is 24.8. The predicted molar refractivity (Wildman–Crippen MR) is 94.5 cm³/mol. The van der Waals surface area contributed by atoms with Crippen molar-refractivity contribution in [3.8, 4) is 0 Å². The van der Waals surface area contributed by atoms with Gasteiger partial charge in [-0.3, -0.25) is 4.79 Å². The molecular formula is C18H18ClNO3S. The fraction of sp³-hybridized carbons (Fsp3) is 0.333. The molecule has 24 heavy (non-hydrogen) atoms. The van der Waals surface area contributed by atoms with Crippen LogP contribution in [-0.4, -0.2) is 18.0 Å². The smallest absolute Gasteiger partial charge is 0.349 e. The van der Waals surface area contributed by atoms with Gasteiger partial charge in [0, 0.05) is 0 Å². The van der Waals surface area contributed by atoms with E-state index in [4.69, 9.17) is 16.3 Å². The van der Waals surface area contributed by atoms with Crippen molar-refractivity contribution < 1.29 is 14.3 Å². The average Bonchev–Trinajstić information content (AvgIpc) is 3.01. The molecule has 6 heteroatoms. The fourth-order valence-corrected chi connectivity index (χ4v) is 3.82. The third-order valence-electron chi connectivity index (χ3n) is 4.11. The molecule has 0 unspecified atom stereocenters. The van der Waals surface area contributed by atoms with Crippen LogP contribution >= 0.6 is 22.9 Å². The summed E-state index contributed by atoms with van der Waals surface area (Å²) >= 11 is 6.95. The van der Waals surface area contributed by atoms with Crippen LogP contribution in [0.5, 0.6) is 0 Å². The molecule has 0 bridgehead atoms. The minimum Gasteiger partial charge on any atom is -0.448 e. The van der Waals surface area contributed by atoms with Gasteiger partial charge in [-0.05, 0) is 49.4 Å². The molecule has 1 aromatic carbocycles. The molecular weight excluding hydrogens is 346 g/mol. The predicted octanol–water partition coefficient (Wildman–Crippen LogP) is 4.14. The van der Waals surface area contributed by atoms with Crippen LogP contribution in [0.1, 0.15) is 46.6 Å². The lowest BCUT2D eigenvalue weighted by Crippen LogP contribution is -2.39. The molecule has 2 aromatic rings. The molecule has 0 saturated heterocycles. The number of aryl methyl sites for hydroxylation is 1. The molecule has 1 aliphatic carbocycles. The molecule has 126 valence electrons. The minimum atomic E-state index is -0.854. The van der Waals surface area contributed by atoms with Crippen molar-refractivity contribution in [3.05, 3.63) is 56.7 Å². The summed E-state index contributed by atoms with van der Waals surface area (Å²) in [5.41, 5.74) is 2.42. The normalized spacial score (nSPS) is 17.7. The van der Waals surface area contributed by atoms with Crippen molar-refractivity contribution >= 4 is 34.8 Å². The van der Waals surface area contributed by atoms with Gasteiger partial charge in [0.1, 0.15) is 4.88 Å². The fourth-order valence-electron chi connectivity index (χ4n) is 2.89. The topological polar surface area (TPSA) is 55.4 Å². The number of amides is 1. The van der Waals surface area contributed by atoms with Crippen molar-refractivity contribution in [2.45, 2.75) is 38.3 Å². The summed E-state index contributed by atoms with van der Waals surface area (Å²) in [5.74, 6) is -0.814. The summed E-state index contributed by atoms with van der Waals surface area (Å²) in [6, 6.07) is 11.3. The molecule has 0 aliphatic heterocycles. The van der Waals surface area contributed by atoms with Gasteiger partial charge >= 0.3 is 5.97 Å². The van der Waals surface area contributed by atoms with E-state index in [1.54, 1.807) is 19.1 Å². The van der Waals surface area contributed by atoms with Crippen LogP contribution in [0.25, 0.3) is 0 Å². The number of hydrogen-bond donors (Lipinski definition) is 1. The monoisotopic (exact) mass is 363 g/mol. The number of nitrogens with one attached hydrogen (secondary N) is 1. The first-order valence-corrected chi connectivity index (χ1v) is 9.08. The van der Waals surface area contributed by atoms with E-state index in [2.05, 4.69) is 11.4 Å². The number of carbonyl (C=O) groups excluding carboxylic acids is 2. The Morgan fingerprint density at radius 1 is 1.29 bits per heavy atom. The first-order valence-electron chi connectivity index (χ1n) is 7.89. The van der Waals surface area contributed by atoms with E-state index in [1.165, 1.54) is 5.56 Å². The van der Waals surface area contributed by atoms with Crippen LogP contribution < -0.4 is 5.32 Å². The lowest BCUT2D eigenvalue weighted by molar-refractivity contribution is -0.130. The van der Waals surface area contributed by atoms with Crippen LogP contribution in [-0.2, 0) is 16.0 Å². The zero-order valence-electron chi connectivity index (χ0n) is 13.3. The second-order valence-electron chi connectivity index (χ2n) is 5.80. The third kappa shape index (κ3) is 3.79. The highest BCUT2D eigenvalue weighted by Gasteiger charge is 2.25. The largest absolute Gasteiger partial charge is 0.448 e. The van der Waals surface area contributed by atoms with Gasteiger partial charge in [-0.1, -0.05) is 35.9 Å². The molecule has 1 N–H and O–H groups in total. The quantitative estimate of drug-likeness (QED) is 0.830. The summed E-state index contributed by atoms with van der Waals surface area (Å²) in [7, 11) is 0. The Morgan fingerprint density at radius 3 is 2.83 bits per heavy atom. The molecule has 1 heterocycles. The summed E-state index contributed by atoms with van der Waals surface area (Å²) < 4.78 is 5.75. The molecule has 1 aromatic heterocycles.